The fourth-order valence-electron chi connectivity index (χ4n) is 3.19. The Bertz CT molecular complexity index is 585. The molecule has 0 radical (unpaired) electrons. The molecule has 2 fully saturated rings. The van der Waals surface area contributed by atoms with Crippen LogP contribution in [-0.2, 0) is 9.53 Å². The third-order valence-electron chi connectivity index (χ3n) is 4.53. The maximum atomic E-state index is 12.0. The van der Waals surface area contributed by atoms with Crippen molar-refractivity contribution in [2.24, 2.45) is 0 Å². The number of ether oxygens (including phenoxy) is 1. The van der Waals surface area contributed by atoms with E-state index in [0.717, 1.165) is 44.5 Å². The Morgan fingerprint density at radius 3 is 2.42 bits per heavy atom. The molecule has 0 aromatic heterocycles. The summed E-state index contributed by atoms with van der Waals surface area (Å²) in [5, 5.41) is 11.8. The monoisotopic (exact) mass is 382 g/mol. The van der Waals surface area contributed by atoms with Crippen molar-refractivity contribution >= 4 is 35.7 Å². The Labute approximate surface area is 160 Å². The molecule has 1 aromatic rings. The molecule has 2 unspecified atom stereocenters. The molecule has 26 heavy (non-hydrogen) atoms. The minimum atomic E-state index is -0.250. The first-order valence-electron chi connectivity index (χ1n) is 8.99. The average molecular weight is 383 g/mol. The largest absolute Gasteiger partial charge is 0.376 e. The average Bonchev–Trinajstić information content (AvgIpc) is 3.28. The van der Waals surface area contributed by atoms with Crippen LogP contribution in [0.15, 0.2) is 24.3 Å². The van der Waals surface area contributed by atoms with Gasteiger partial charge in [0.05, 0.1) is 6.10 Å². The summed E-state index contributed by atoms with van der Waals surface area (Å²) in [5.41, 5.74) is 1.41. The van der Waals surface area contributed by atoms with E-state index in [2.05, 4.69) is 21.3 Å². The molecule has 2 saturated heterocycles. The lowest BCUT2D eigenvalue weighted by atomic mass is 10.1. The number of halogens is 1. The van der Waals surface area contributed by atoms with Gasteiger partial charge in [-0.15, -0.1) is 12.4 Å². The first-order chi connectivity index (χ1) is 12.2. The Hall–Kier alpha value is -1.83. The van der Waals surface area contributed by atoms with Crippen LogP contribution in [0, 0.1) is 0 Å². The first kappa shape index (κ1) is 20.5. The summed E-state index contributed by atoms with van der Waals surface area (Å²) >= 11 is 0. The molecule has 2 aliphatic rings. The molecule has 2 aliphatic heterocycles. The Kier molecular flexibility index (Phi) is 8.15. The number of rotatable bonds is 6. The van der Waals surface area contributed by atoms with Gasteiger partial charge in [-0.3, -0.25) is 4.79 Å². The smallest absolute Gasteiger partial charge is 0.319 e. The lowest BCUT2D eigenvalue weighted by Gasteiger charge is -2.13. The van der Waals surface area contributed by atoms with Crippen molar-refractivity contribution in [3.8, 4) is 0 Å². The highest BCUT2D eigenvalue weighted by Gasteiger charge is 2.18. The molecule has 2 heterocycles. The topological polar surface area (TPSA) is 91.5 Å². The third-order valence-corrected chi connectivity index (χ3v) is 4.53. The summed E-state index contributed by atoms with van der Waals surface area (Å²) in [6, 6.07) is 7.16. The predicted octanol–water partition coefficient (Wildman–Crippen LogP) is 2.49. The second-order valence-electron chi connectivity index (χ2n) is 6.59. The van der Waals surface area contributed by atoms with Gasteiger partial charge in [-0.1, -0.05) is 0 Å². The van der Waals surface area contributed by atoms with Crippen molar-refractivity contribution in [1.29, 1.82) is 0 Å². The maximum absolute atomic E-state index is 12.0. The molecule has 0 saturated carbocycles. The quantitative estimate of drug-likeness (QED) is 0.608. The van der Waals surface area contributed by atoms with Crippen molar-refractivity contribution < 1.29 is 14.3 Å². The van der Waals surface area contributed by atoms with Crippen molar-refractivity contribution in [1.82, 2.24) is 10.6 Å². The van der Waals surface area contributed by atoms with Crippen LogP contribution in [0.3, 0.4) is 0 Å². The summed E-state index contributed by atoms with van der Waals surface area (Å²) in [6.45, 7) is 2.29. The SMILES string of the molecule is Cl.O=C(CC1CCCN1)Nc1ccc(NC(=O)NCC2CCCO2)cc1. The second kappa shape index (κ2) is 10.4. The van der Waals surface area contributed by atoms with Crippen LogP contribution in [0.5, 0.6) is 0 Å². The molecule has 7 nitrogen and oxygen atoms in total. The molecule has 8 heteroatoms. The van der Waals surface area contributed by atoms with Gasteiger partial charge in [0.15, 0.2) is 0 Å². The van der Waals surface area contributed by atoms with Gasteiger partial charge in [0.2, 0.25) is 5.91 Å². The highest BCUT2D eigenvalue weighted by molar-refractivity contribution is 5.92. The van der Waals surface area contributed by atoms with Crippen LogP contribution in [-0.4, -0.2) is 43.8 Å². The fraction of sp³-hybridized carbons (Fsp3) is 0.556. The van der Waals surface area contributed by atoms with Crippen molar-refractivity contribution in [3.05, 3.63) is 24.3 Å². The van der Waals surface area contributed by atoms with Gasteiger partial charge >= 0.3 is 6.03 Å². The van der Waals surface area contributed by atoms with Crippen molar-refractivity contribution in [2.75, 3.05) is 30.3 Å². The molecule has 4 N–H and O–H groups in total. The number of carbonyl (C=O) groups excluding carboxylic acids is 2. The zero-order chi connectivity index (χ0) is 17.5. The van der Waals surface area contributed by atoms with Crippen molar-refractivity contribution in [2.45, 2.75) is 44.2 Å². The summed E-state index contributed by atoms with van der Waals surface area (Å²) in [6.07, 6.45) is 4.84. The van der Waals surface area contributed by atoms with Crippen LogP contribution in [0.25, 0.3) is 0 Å². The molecule has 3 rings (SSSR count). The van der Waals surface area contributed by atoms with Gasteiger partial charge in [-0.2, -0.15) is 0 Å². The highest BCUT2D eigenvalue weighted by atomic mass is 35.5. The molecule has 2 atom stereocenters. The molecule has 0 spiro atoms. The van der Waals surface area contributed by atoms with Gasteiger partial charge < -0.3 is 26.0 Å². The van der Waals surface area contributed by atoms with Crippen LogP contribution in [0.1, 0.15) is 32.1 Å². The number of benzene rings is 1. The number of hydrogen-bond acceptors (Lipinski definition) is 4. The van der Waals surface area contributed by atoms with E-state index in [4.69, 9.17) is 4.74 Å². The van der Waals surface area contributed by atoms with Crippen LogP contribution in [0.4, 0.5) is 16.2 Å². The lowest BCUT2D eigenvalue weighted by Crippen LogP contribution is -2.35. The molecule has 0 aliphatic carbocycles. The molecular formula is C18H27ClN4O3. The number of hydrogen-bond donors (Lipinski definition) is 4. The standard InChI is InChI=1S/C18H26N4O3.ClH/c23-17(11-15-3-1-9-19-15)21-13-5-7-14(8-6-13)22-18(24)20-12-16-4-2-10-25-16;/h5-8,15-16,19H,1-4,9-12H2,(H,21,23)(H2,20,22,24);1H. The van der Waals surface area contributed by atoms with E-state index in [1.807, 2.05) is 0 Å². The van der Waals surface area contributed by atoms with Gasteiger partial charge in [0.25, 0.3) is 0 Å². The Morgan fingerprint density at radius 1 is 1.08 bits per heavy atom. The van der Waals surface area contributed by atoms with Crippen molar-refractivity contribution in [3.63, 3.8) is 0 Å². The van der Waals surface area contributed by atoms with Crippen LogP contribution >= 0.6 is 12.4 Å². The third kappa shape index (κ3) is 6.48. The van der Waals surface area contributed by atoms with Gasteiger partial charge in [0.1, 0.15) is 0 Å². The molecular weight excluding hydrogens is 356 g/mol. The van der Waals surface area contributed by atoms with E-state index in [1.54, 1.807) is 24.3 Å². The fourth-order valence-corrected chi connectivity index (χ4v) is 3.19. The zero-order valence-electron chi connectivity index (χ0n) is 14.8. The maximum Gasteiger partial charge on any atom is 0.319 e. The van der Waals surface area contributed by atoms with Gasteiger partial charge in [0, 0.05) is 37.0 Å². The minimum Gasteiger partial charge on any atom is -0.376 e. The van der Waals surface area contributed by atoms with Gasteiger partial charge in [-0.05, 0) is 56.5 Å². The minimum absolute atomic E-state index is 0. The number of nitrogens with one attached hydrogen (secondary N) is 4. The predicted molar refractivity (Wildman–Crippen MR) is 104 cm³/mol. The summed E-state index contributed by atoms with van der Waals surface area (Å²) in [4.78, 5) is 23.9. The Balaban J connectivity index is 0.00000243. The molecule has 144 valence electrons. The van der Waals surface area contributed by atoms with Gasteiger partial charge in [-0.25, -0.2) is 4.79 Å². The Morgan fingerprint density at radius 2 is 1.81 bits per heavy atom. The summed E-state index contributed by atoms with van der Waals surface area (Å²) in [5.74, 6) is 0.00872. The van der Waals surface area contributed by atoms with E-state index in [0.29, 0.717) is 18.7 Å². The van der Waals surface area contributed by atoms with Crippen LogP contribution < -0.4 is 21.3 Å². The normalized spacial score (nSPS) is 21.7. The number of anilines is 2. The van der Waals surface area contributed by atoms with Crippen LogP contribution in [0.2, 0.25) is 0 Å². The second-order valence-corrected chi connectivity index (χ2v) is 6.59. The number of carbonyl (C=O) groups is 2. The van der Waals surface area contributed by atoms with E-state index in [-0.39, 0.29) is 36.5 Å². The number of urea groups is 1. The summed E-state index contributed by atoms with van der Waals surface area (Å²) < 4.78 is 5.47. The van der Waals surface area contributed by atoms with E-state index in [9.17, 15) is 9.59 Å². The van der Waals surface area contributed by atoms with E-state index < -0.39 is 0 Å². The molecule has 3 amide bonds. The first-order valence-corrected chi connectivity index (χ1v) is 8.99. The summed E-state index contributed by atoms with van der Waals surface area (Å²) in [7, 11) is 0. The molecule has 1 aromatic carbocycles. The lowest BCUT2D eigenvalue weighted by molar-refractivity contribution is -0.116. The highest BCUT2D eigenvalue weighted by Crippen LogP contribution is 2.15. The molecule has 0 bridgehead atoms. The van der Waals surface area contributed by atoms with E-state index >= 15 is 0 Å². The van der Waals surface area contributed by atoms with E-state index in [1.165, 1.54) is 0 Å². The number of amides is 3. The zero-order valence-corrected chi connectivity index (χ0v) is 15.6.